The molecule has 0 saturated carbocycles. The lowest BCUT2D eigenvalue weighted by atomic mass is 9.98. The van der Waals surface area contributed by atoms with Gasteiger partial charge in [0, 0.05) is 0 Å². The topological polar surface area (TPSA) is 41.1 Å². The summed E-state index contributed by atoms with van der Waals surface area (Å²) in [5.74, 6) is 0.0311. The summed E-state index contributed by atoms with van der Waals surface area (Å²) in [6, 6.07) is 5.32. The molecule has 1 amide bonds. The summed E-state index contributed by atoms with van der Waals surface area (Å²) in [4.78, 5) is 12.3. The highest BCUT2D eigenvalue weighted by molar-refractivity contribution is 6.42. The van der Waals surface area contributed by atoms with Gasteiger partial charge in [-0.1, -0.05) is 29.3 Å². The van der Waals surface area contributed by atoms with Gasteiger partial charge in [-0.2, -0.15) is 0 Å². The second-order valence-electron chi connectivity index (χ2n) is 5.23. The zero-order valence-electron chi connectivity index (χ0n) is 11.1. The molecule has 1 aliphatic heterocycles. The number of hydrogen-bond acceptors (Lipinski definition) is 2. The Morgan fingerprint density at radius 3 is 2.74 bits per heavy atom. The van der Waals surface area contributed by atoms with Crippen molar-refractivity contribution in [2.24, 2.45) is 0 Å². The van der Waals surface area contributed by atoms with Crippen molar-refractivity contribution in [1.82, 2.24) is 10.6 Å². The molecule has 2 rings (SSSR count). The number of carbonyl (C=O) groups excluding carboxylic acids is 1. The van der Waals surface area contributed by atoms with Crippen molar-refractivity contribution in [2.45, 2.75) is 38.3 Å². The van der Waals surface area contributed by atoms with Crippen molar-refractivity contribution in [1.29, 1.82) is 0 Å². The van der Waals surface area contributed by atoms with Gasteiger partial charge >= 0.3 is 0 Å². The van der Waals surface area contributed by atoms with Gasteiger partial charge in [-0.05, 0) is 50.9 Å². The van der Waals surface area contributed by atoms with Gasteiger partial charge in [0.15, 0.2) is 0 Å². The molecule has 0 spiro atoms. The summed E-state index contributed by atoms with van der Waals surface area (Å²) >= 11 is 11.9. The second kappa shape index (κ2) is 5.70. The van der Waals surface area contributed by atoms with Crippen LogP contribution in [0.1, 0.15) is 38.3 Å². The minimum Gasteiger partial charge on any atom is -0.348 e. The average molecular weight is 301 g/mol. The van der Waals surface area contributed by atoms with Crippen LogP contribution < -0.4 is 10.6 Å². The molecular formula is C14H18Cl2N2O. The van der Waals surface area contributed by atoms with Crippen LogP contribution in [-0.4, -0.2) is 18.0 Å². The normalized spacial score (nSPS) is 24.2. The van der Waals surface area contributed by atoms with E-state index in [1.807, 2.05) is 19.9 Å². The van der Waals surface area contributed by atoms with Crippen molar-refractivity contribution in [2.75, 3.05) is 6.54 Å². The van der Waals surface area contributed by atoms with E-state index in [-0.39, 0.29) is 11.9 Å². The molecule has 0 aromatic heterocycles. The van der Waals surface area contributed by atoms with Crippen LogP contribution >= 0.6 is 23.2 Å². The fraction of sp³-hybridized carbons (Fsp3) is 0.500. The number of hydrogen-bond donors (Lipinski definition) is 2. The highest BCUT2D eigenvalue weighted by atomic mass is 35.5. The molecule has 1 aromatic carbocycles. The van der Waals surface area contributed by atoms with Crippen LogP contribution in [0.3, 0.4) is 0 Å². The Bertz CT molecular complexity index is 484. The van der Waals surface area contributed by atoms with Gasteiger partial charge in [0.25, 0.3) is 0 Å². The van der Waals surface area contributed by atoms with Gasteiger partial charge in [0.05, 0.1) is 21.6 Å². The predicted octanol–water partition coefficient (Wildman–Crippen LogP) is 3.31. The molecule has 0 radical (unpaired) electrons. The Labute approximate surface area is 123 Å². The third-order valence-electron chi connectivity index (χ3n) is 3.66. The van der Waals surface area contributed by atoms with E-state index >= 15 is 0 Å². The molecule has 1 aliphatic rings. The van der Waals surface area contributed by atoms with E-state index in [9.17, 15) is 4.79 Å². The van der Waals surface area contributed by atoms with E-state index in [4.69, 9.17) is 23.2 Å². The van der Waals surface area contributed by atoms with E-state index in [0.717, 1.165) is 24.9 Å². The Morgan fingerprint density at radius 1 is 1.42 bits per heavy atom. The van der Waals surface area contributed by atoms with Crippen LogP contribution in [0, 0.1) is 0 Å². The standard InChI is InChI=1S/C14H18Cl2N2O/c1-9(10-4-5-11(15)12(16)8-10)18-13(19)14(2)6-3-7-17-14/h4-5,8-9,17H,3,6-7H2,1-2H3,(H,18,19). The molecular weight excluding hydrogens is 283 g/mol. The third kappa shape index (κ3) is 3.22. The smallest absolute Gasteiger partial charge is 0.240 e. The number of amides is 1. The summed E-state index contributed by atoms with van der Waals surface area (Å²) in [6.45, 7) is 4.78. The summed E-state index contributed by atoms with van der Waals surface area (Å²) in [5.41, 5.74) is 0.495. The number of rotatable bonds is 3. The van der Waals surface area contributed by atoms with Crippen LogP contribution in [0.4, 0.5) is 0 Å². The van der Waals surface area contributed by atoms with Gasteiger partial charge in [-0.15, -0.1) is 0 Å². The molecule has 1 heterocycles. The maximum Gasteiger partial charge on any atom is 0.240 e. The number of carbonyl (C=O) groups is 1. The number of nitrogens with one attached hydrogen (secondary N) is 2. The van der Waals surface area contributed by atoms with E-state index in [1.165, 1.54) is 0 Å². The monoisotopic (exact) mass is 300 g/mol. The molecule has 0 bridgehead atoms. The Morgan fingerprint density at radius 2 is 2.16 bits per heavy atom. The lowest BCUT2D eigenvalue weighted by Gasteiger charge is -2.26. The largest absolute Gasteiger partial charge is 0.348 e. The molecule has 2 N–H and O–H groups in total. The van der Waals surface area contributed by atoms with Crippen LogP contribution in [-0.2, 0) is 4.79 Å². The SMILES string of the molecule is CC(NC(=O)C1(C)CCCN1)c1ccc(Cl)c(Cl)c1. The molecule has 5 heteroatoms. The summed E-state index contributed by atoms with van der Waals surface area (Å²) in [6.07, 6.45) is 1.90. The van der Waals surface area contributed by atoms with E-state index in [0.29, 0.717) is 10.0 Å². The maximum atomic E-state index is 12.3. The second-order valence-corrected chi connectivity index (χ2v) is 6.05. The quantitative estimate of drug-likeness (QED) is 0.899. The number of benzene rings is 1. The summed E-state index contributed by atoms with van der Waals surface area (Å²) in [7, 11) is 0. The van der Waals surface area contributed by atoms with E-state index in [1.54, 1.807) is 12.1 Å². The predicted molar refractivity (Wildman–Crippen MR) is 78.7 cm³/mol. The van der Waals surface area contributed by atoms with Crippen LogP contribution in [0.2, 0.25) is 10.0 Å². The molecule has 0 aliphatic carbocycles. The molecule has 1 aromatic rings. The minimum atomic E-state index is -0.454. The van der Waals surface area contributed by atoms with Gasteiger partial charge in [-0.25, -0.2) is 0 Å². The highest BCUT2D eigenvalue weighted by Gasteiger charge is 2.36. The first-order chi connectivity index (χ1) is 8.92. The fourth-order valence-corrected chi connectivity index (χ4v) is 2.62. The highest BCUT2D eigenvalue weighted by Crippen LogP contribution is 2.26. The first-order valence-electron chi connectivity index (χ1n) is 6.43. The Balaban J connectivity index is 2.06. The van der Waals surface area contributed by atoms with Gasteiger partial charge in [0.2, 0.25) is 5.91 Å². The fourth-order valence-electron chi connectivity index (χ4n) is 2.31. The van der Waals surface area contributed by atoms with Crippen molar-refractivity contribution in [3.8, 4) is 0 Å². The van der Waals surface area contributed by atoms with Crippen molar-refractivity contribution in [3.05, 3.63) is 33.8 Å². The first-order valence-corrected chi connectivity index (χ1v) is 7.19. The third-order valence-corrected chi connectivity index (χ3v) is 4.40. The summed E-state index contributed by atoms with van der Waals surface area (Å²) in [5, 5.41) is 7.30. The molecule has 104 valence electrons. The molecule has 1 saturated heterocycles. The van der Waals surface area contributed by atoms with Crippen molar-refractivity contribution < 1.29 is 4.79 Å². The zero-order chi connectivity index (χ0) is 14.0. The average Bonchev–Trinajstić information content (AvgIpc) is 2.81. The Hall–Kier alpha value is -0.770. The molecule has 19 heavy (non-hydrogen) atoms. The van der Waals surface area contributed by atoms with E-state index < -0.39 is 5.54 Å². The molecule has 1 fully saturated rings. The van der Waals surface area contributed by atoms with Crippen LogP contribution in [0.15, 0.2) is 18.2 Å². The summed E-state index contributed by atoms with van der Waals surface area (Å²) < 4.78 is 0. The van der Waals surface area contributed by atoms with Gasteiger partial charge < -0.3 is 10.6 Å². The molecule has 3 nitrogen and oxygen atoms in total. The lowest BCUT2D eigenvalue weighted by Crippen LogP contribution is -2.51. The molecule has 2 unspecified atom stereocenters. The zero-order valence-corrected chi connectivity index (χ0v) is 12.6. The van der Waals surface area contributed by atoms with Gasteiger partial charge in [-0.3, -0.25) is 4.79 Å². The molecule has 2 atom stereocenters. The van der Waals surface area contributed by atoms with Gasteiger partial charge in [0.1, 0.15) is 0 Å². The van der Waals surface area contributed by atoms with E-state index in [2.05, 4.69) is 10.6 Å². The van der Waals surface area contributed by atoms with Crippen molar-refractivity contribution in [3.63, 3.8) is 0 Å². The van der Waals surface area contributed by atoms with Crippen LogP contribution in [0.25, 0.3) is 0 Å². The number of halogens is 2. The maximum absolute atomic E-state index is 12.3. The minimum absolute atomic E-state index is 0.0311. The first kappa shape index (κ1) is 14.6. The Kier molecular flexibility index (Phi) is 4.39. The lowest BCUT2D eigenvalue weighted by molar-refractivity contribution is -0.127. The van der Waals surface area contributed by atoms with Crippen LogP contribution in [0.5, 0.6) is 0 Å². The van der Waals surface area contributed by atoms with Crippen molar-refractivity contribution >= 4 is 29.1 Å².